The van der Waals surface area contributed by atoms with Gasteiger partial charge in [0.25, 0.3) is 5.69 Å². The highest BCUT2D eigenvalue weighted by molar-refractivity contribution is 7.89. The molecule has 10 heteroatoms. The average Bonchev–Trinajstić information content (AvgIpc) is 2.57. The predicted octanol–water partition coefficient (Wildman–Crippen LogP) is 2.59. The molecule has 2 rings (SSSR count). The smallest absolute Gasteiger partial charge is 0.293 e. The second-order valence-corrected chi connectivity index (χ2v) is 10.8. The lowest BCUT2D eigenvalue weighted by atomic mass is 9.94. The number of sulfonamides is 1. The van der Waals surface area contributed by atoms with Gasteiger partial charge in [-0.2, -0.15) is 4.31 Å². The van der Waals surface area contributed by atoms with E-state index in [9.17, 15) is 23.3 Å². The number of anilines is 1. The van der Waals surface area contributed by atoms with Gasteiger partial charge in [0.1, 0.15) is 5.69 Å². The summed E-state index contributed by atoms with van der Waals surface area (Å²) in [6.45, 7) is 10.1. The molecule has 0 unspecified atom stereocenters. The summed E-state index contributed by atoms with van der Waals surface area (Å²) < 4.78 is 27.4. The van der Waals surface area contributed by atoms with Crippen LogP contribution < -0.4 is 10.6 Å². The van der Waals surface area contributed by atoms with Gasteiger partial charge in [0.2, 0.25) is 15.9 Å². The summed E-state index contributed by atoms with van der Waals surface area (Å²) in [4.78, 5) is 22.7. The minimum Gasteiger partial charge on any atom is -0.371 e. The van der Waals surface area contributed by atoms with E-state index in [2.05, 4.69) is 10.6 Å². The van der Waals surface area contributed by atoms with Crippen molar-refractivity contribution in [2.75, 3.05) is 25.0 Å². The van der Waals surface area contributed by atoms with Gasteiger partial charge in [-0.25, -0.2) is 8.42 Å². The van der Waals surface area contributed by atoms with Crippen LogP contribution in [-0.4, -0.2) is 48.7 Å². The topological polar surface area (TPSA) is 122 Å². The normalized spacial score (nSPS) is 20.9. The Balaban J connectivity index is 2.25. The van der Waals surface area contributed by atoms with E-state index in [4.69, 9.17) is 0 Å². The highest BCUT2D eigenvalue weighted by atomic mass is 32.2. The summed E-state index contributed by atoms with van der Waals surface area (Å²) in [6.07, 6.45) is 0.950. The number of hydrogen-bond donors (Lipinski definition) is 2. The van der Waals surface area contributed by atoms with Crippen molar-refractivity contribution in [1.82, 2.24) is 9.62 Å². The minimum absolute atomic E-state index is 0.0957. The first-order valence-electron chi connectivity index (χ1n) is 9.63. The highest BCUT2D eigenvalue weighted by Crippen LogP contribution is 2.31. The Kier molecular flexibility index (Phi) is 6.89. The third-order valence-electron chi connectivity index (χ3n) is 4.59. The lowest BCUT2D eigenvalue weighted by Gasteiger charge is -2.34. The van der Waals surface area contributed by atoms with Crippen LogP contribution in [0.2, 0.25) is 0 Å². The fraction of sp³-hybridized carbons (Fsp3) is 0.632. The second-order valence-electron chi connectivity index (χ2n) is 8.86. The average molecular weight is 427 g/mol. The Labute approximate surface area is 172 Å². The van der Waals surface area contributed by atoms with Crippen molar-refractivity contribution in [3.05, 3.63) is 28.3 Å². The molecular weight excluding hydrogens is 396 g/mol. The fourth-order valence-corrected chi connectivity index (χ4v) is 5.26. The highest BCUT2D eigenvalue weighted by Gasteiger charge is 2.33. The maximum atomic E-state index is 13.0. The first-order chi connectivity index (χ1) is 13.3. The summed E-state index contributed by atoms with van der Waals surface area (Å²) in [6, 6.07) is 3.74. The van der Waals surface area contributed by atoms with Crippen LogP contribution in [0.3, 0.4) is 0 Å². The maximum Gasteiger partial charge on any atom is 0.293 e. The molecule has 1 saturated heterocycles. The molecular formula is C19H30N4O5S. The van der Waals surface area contributed by atoms with Crippen LogP contribution in [0.4, 0.5) is 11.4 Å². The molecule has 1 heterocycles. The molecule has 1 fully saturated rings. The first-order valence-corrected chi connectivity index (χ1v) is 11.1. The molecule has 0 radical (unpaired) electrons. The Morgan fingerprint density at radius 2 is 1.83 bits per heavy atom. The zero-order chi connectivity index (χ0) is 22.0. The molecule has 1 aliphatic rings. The van der Waals surface area contributed by atoms with Crippen molar-refractivity contribution in [1.29, 1.82) is 0 Å². The predicted molar refractivity (Wildman–Crippen MR) is 111 cm³/mol. The quantitative estimate of drug-likeness (QED) is 0.533. The number of hydrogen-bond acceptors (Lipinski definition) is 6. The molecule has 2 atom stereocenters. The molecule has 0 saturated carbocycles. The van der Waals surface area contributed by atoms with E-state index in [-0.39, 0.29) is 40.6 Å². The molecule has 2 N–H and O–H groups in total. The SMILES string of the molecule is C[C@H]1C[C@H](C)CN(S(=O)(=O)c2ccc(NCC(=O)NC(C)(C)C)c([N+](=O)[O-])c2)C1. The van der Waals surface area contributed by atoms with Crippen LogP contribution in [0.1, 0.15) is 41.0 Å². The van der Waals surface area contributed by atoms with Gasteiger partial charge < -0.3 is 10.6 Å². The molecule has 0 spiro atoms. The van der Waals surface area contributed by atoms with E-state index in [1.165, 1.54) is 16.4 Å². The first kappa shape index (κ1) is 23.1. The van der Waals surface area contributed by atoms with E-state index >= 15 is 0 Å². The van der Waals surface area contributed by atoms with Crippen LogP contribution in [0, 0.1) is 22.0 Å². The molecule has 1 aromatic carbocycles. The van der Waals surface area contributed by atoms with Gasteiger partial charge in [-0.15, -0.1) is 0 Å². The number of benzene rings is 1. The Bertz CT molecular complexity index is 869. The fourth-order valence-electron chi connectivity index (χ4n) is 3.56. The molecule has 29 heavy (non-hydrogen) atoms. The van der Waals surface area contributed by atoms with Crippen LogP contribution in [0.5, 0.6) is 0 Å². The zero-order valence-electron chi connectivity index (χ0n) is 17.6. The molecule has 0 bridgehead atoms. The largest absolute Gasteiger partial charge is 0.371 e. The number of nitro groups is 1. The molecule has 1 aliphatic heterocycles. The van der Waals surface area contributed by atoms with Crippen LogP contribution in [0.15, 0.2) is 23.1 Å². The number of nitrogens with zero attached hydrogens (tertiary/aromatic N) is 2. The third-order valence-corrected chi connectivity index (χ3v) is 6.42. The number of nitrogens with one attached hydrogen (secondary N) is 2. The van der Waals surface area contributed by atoms with Crippen LogP contribution >= 0.6 is 0 Å². The van der Waals surface area contributed by atoms with Crippen molar-refractivity contribution < 1.29 is 18.1 Å². The van der Waals surface area contributed by atoms with Gasteiger partial charge in [0.05, 0.1) is 16.4 Å². The molecule has 9 nitrogen and oxygen atoms in total. The van der Waals surface area contributed by atoms with Gasteiger partial charge in [-0.05, 0) is 51.2 Å². The van der Waals surface area contributed by atoms with Crippen molar-refractivity contribution in [3.63, 3.8) is 0 Å². The second kappa shape index (κ2) is 8.66. The van der Waals surface area contributed by atoms with E-state index in [1.54, 1.807) is 0 Å². The molecule has 1 amide bonds. The van der Waals surface area contributed by atoms with Crippen molar-refractivity contribution in [2.45, 2.75) is 51.5 Å². The Hall–Kier alpha value is -2.20. The molecule has 0 aromatic heterocycles. The van der Waals surface area contributed by atoms with E-state index in [1.807, 2.05) is 34.6 Å². The van der Waals surface area contributed by atoms with Crippen LogP contribution in [-0.2, 0) is 14.8 Å². The van der Waals surface area contributed by atoms with Gasteiger partial charge in [-0.3, -0.25) is 14.9 Å². The van der Waals surface area contributed by atoms with Gasteiger partial charge in [0, 0.05) is 24.7 Å². The summed E-state index contributed by atoms with van der Waals surface area (Å²) in [5.74, 6) is 0.136. The number of carbonyl (C=O) groups is 1. The minimum atomic E-state index is -3.83. The summed E-state index contributed by atoms with van der Waals surface area (Å²) in [7, 11) is -3.83. The van der Waals surface area contributed by atoms with E-state index in [0.717, 1.165) is 12.5 Å². The number of carbonyl (C=O) groups excluding carboxylic acids is 1. The Morgan fingerprint density at radius 3 is 2.34 bits per heavy atom. The molecule has 0 aliphatic carbocycles. The maximum absolute atomic E-state index is 13.0. The third kappa shape index (κ3) is 6.14. The molecule has 1 aromatic rings. The summed E-state index contributed by atoms with van der Waals surface area (Å²) >= 11 is 0. The van der Waals surface area contributed by atoms with Gasteiger partial charge in [-0.1, -0.05) is 13.8 Å². The monoisotopic (exact) mass is 426 g/mol. The van der Waals surface area contributed by atoms with Gasteiger partial charge >= 0.3 is 0 Å². The summed E-state index contributed by atoms with van der Waals surface area (Å²) in [5.41, 5.74) is -0.711. The lowest BCUT2D eigenvalue weighted by Crippen LogP contribution is -2.43. The number of nitro benzene ring substituents is 1. The Morgan fingerprint density at radius 1 is 1.24 bits per heavy atom. The lowest BCUT2D eigenvalue weighted by molar-refractivity contribution is -0.384. The van der Waals surface area contributed by atoms with Crippen molar-refractivity contribution in [3.8, 4) is 0 Å². The van der Waals surface area contributed by atoms with Gasteiger partial charge in [0.15, 0.2) is 0 Å². The zero-order valence-corrected chi connectivity index (χ0v) is 18.4. The molecule has 162 valence electrons. The van der Waals surface area contributed by atoms with E-state index < -0.39 is 20.5 Å². The van der Waals surface area contributed by atoms with Crippen molar-refractivity contribution in [2.24, 2.45) is 11.8 Å². The van der Waals surface area contributed by atoms with Crippen molar-refractivity contribution >= 4 is 27.3 Å². The number of amides is 1. The number of piperidine rings is 1. The van der Waals surface area contributed by atoms with Crippen LogP contribution in [0.25, 0.3) is 0 Å². The number of rotatable bonds is 6. The van der Waals surface area contributed by atoms with E-state index in [0.29, 0.717) is 13.1 Å². The summed E-state index contributed by atoms with van der Waals surface area (Å²) in [5, 5.41) is 17.0. The standard InChI is InChI=1S/C19H30N4O5S/c1-13-8-14(2)12-22(11-13)29(27,28)15-6-7-16(17(9-15)23(25)26)20-10-18(24)21-19(3,4)5/h6-7,9,13-14,20H,8,10-12H2,1-5H3,(H,21,24)/t13-,14-/m0/s1.